The maximum absolute atomic E-state index is 13.5. The van der Waals surface area contributed by atoms with Crippen molar-refractivity contribution in [2.45, 2.75) is 18.4 Å². The number of halogens is 2. The molecular weight excluding hydrogens is 315 g/mol. The second-order valence-corrected chi connectivity index (χ2v) is 6.60. The zero-order valence-corrected chi connectivity index (χ0v) is 12.8. The largest absolute Gasteiger partial charge is 0.326 e. The van der Waals surface area contributed by atoms with Gasteiger partial charge in [0.1, 0.15) is 10.7 Å². The Morgan fingerprint density at radius 1 is 1.24 bits per heavy atom. The summed E-state index contributed by atoms with van der Waals surface area (Å²) in [5.41, 5.74) is 6.69. The predicted octanol–water partition coefficient (Wildman–Crippen LogP) is 3.05. The molecule has 0 unspecified atom stereocenters. The molecule has 0 saturated carbocycles. The van der Waals surface area contributed by atoms with Crippen molar-refractivity contribution in [1.82, 2.24) is 0 Å². The number of nitrogens with two attached hydrogens (primary N) is 1. The molecule has 0 aliphatic heterocycles. The van der Waals surface area contributed by atoms with Crippen LogP contribution in [0.2, 0.25) is 5.02 Å². The Bertz CT molecular complexity index is 779. The summed E-state index contributed by atoms with van der Waals surface area (Å²) >= 11 is 5.93. The van der Waals surface area contributed by atoms with Gasteiger partial charge in [0.15, 0.2) is 0 Å². The van der Waals surface area contributed by atoms with Gasteiger partial charge in [0.2, 0.25) is 0 Å². The third-order valence-corrected chi connectivity index (χ3v) is 4.81. The molecule has 0 aliphatic rings. The molecule has 0 aromatic heterocycles. The lowest BCUT2D eigenvalue weighted by Gasteiger charge is -2.11. The molecule has 2 aromatic carbocycles. The van der Waals surface area contributed by atoms with E-state index in [2.05, 4.69) is 4.72 Å². The van der Waals surface area contributed by atoms with E-state index in [4.69, 9.17) is 17.3 Å². The minimum atomic E-state index is -3.91. The fourth-order valence-electron chi connectivity index (χ4n) is 1.75. The lowest BCUT2D eigenvalue weighted by atomic mass is 10.2. The molecular formula is C14H14ClFN2O2S. The molecule has 0 aliphatic carbocycles. The van der Waals surface area contributed by atoms with E-state index in [0.29, 0.717) is 11.1 Å². The number of nitrogens with one attached hydrogen (secondary N) is 1. The Morgan fingerprint density at radius 2 is 1.95 bits per heavy atom. The molecule has 21 heavy (non-hydrogen) atoms. The zero-order chi connectivity index (χ0) is 15.6. The van der Waals surface area contributed by atoms with Crippen molar-refractivity contribution in [3.05, 3.63) is 58.4 Å². The first-order chi connectivity index (χ1) is 9.83. The lowest BCUT2D eigenvalue weighted by Crippen LogP contribution is -2.14. The summed E-state index contributed by atoms with van der Waals surface area (Å²) < 4.78 is 40.4. The third kappa shape index (κ3) is 3.53. The highest BCUT2D eigenvalue weighted by Gasteiger charge is 2.19. The molecule has 0 bridgehead atoms. The van der Waals surface area contributed by atoms with Crippen LogP contribution in [0.1, 0.15) is 11.1 Å². The fraction of sp³-hybridized carbons (Fsp3) is 0.143. The van der Waals surface area contributed by atoms with Crippen LogP contribution < -0.4 is 10.5 Å². The third-order valence-electron chi connectivity index (χ3n) is 2.94. The maximum atomic E-state index is 13.5. The van der Waals surface area contributed by atoms with Crippen LogP contribution in [0.4, 0.5) is 10.1 Å². The average molecular weight is 329 g/mol. The monoisotopic (exact) mass is 328 g/mol. The molecule has 7 heteroatoms. The summed E-state index contributed by atoms with van der Waals surface area (Å²) in [7, 11) is -3.91. The first-order valence-corrected chi connectivity index (χ1v) is 7.97. The van der Waals surface area contributed by atoms with Gasteiger partial charge in [-0.05, 0) is 42.3 Å². The first-order valence-electron chi connectivity index (χ1n) is 6.11. The Kier molecular flexibility index (Phi) is 4.51. The van der Waals surface area contributed by atoms with Crippen LogP contribution >= 0.6 is 11.6 Å². The SMILES string of the molecule is Cc1ccc(NS(=O)(=O)c2cc(CN)ccc2Cl)cc1F. The Hall–Kier alpha value is -1.63. The molecule has 0 atom stereocenters. The lowest BCUT2D eigenvalue weighted by molar-refractivity contribution is 0.601. The number of benzene rings is 2. The van der Waals surface area contributed by atoms with E-state index < -0.39 is 15.8 Å². The van der Waals surface area contributed by atoms with Gasteiger partial charge in [-0.25, -0.2) is 12.8 Å². The Morgan fingerprint density at radius 3 is 2.57 bits per heavy atom. The van der Waals surface area contributed by atoms with E-state index in [0.717, 1.165) is 6.07 Å². The second-order valence-electron chi connectivity index (χ2n) is 4.54. The van der Waals surface area contributed by atoms with Crippen molar-refractivity contribution in [3.63, 3.8) is 0 Å². The maximum Gasteiger partial charge on any atom is 0.263 e. The van der Waals surface area contributed by atoms with Crippen LogP contribution in [-0.2, 0) is 16.6 Å². The van der Waals surface area contributed by atoms with Gasteiger partial charge in [-0.1, -0.05) is 23.7 Å². The summed E-state index contributed by atoms with van der Waals surface area (Å²) in [6.07, 6.45) is 0. The van der Waals surface area contributed by atoms with Crippen molar-refractivity contribution >= 4 is 27.3 Å². The molecule has 3 N–H and O–H groups in total. The van der Waals surface area contributed by atoms with E-state index in [1.165, 1.54) is 24.3 Å². The molecule has 0 saturated heterocycles. The van der Waals surface area contributed by atoms with Crippen molar-refractivity contribution in [3.8, 4) is 0 Å². The van der Waals surface area contributed by atoms with E-state index in [9.17, 15) is 12.8 Å². The molecule has 0 heterocycles. The summed E-state index contributed by atoms with van der Waals surface area (Å²) in [5, 5.41) is 0.0762. The van der Waals surface area contributed by atoms with Gasteiger partial charge in [-0.15, -0.1) is 0 Å². The van der Waals surface area contributed by atoms with E-state index in [1.807, 2.05) is 0 Å². The number of hydrogen-bond acceptors (Lipinski definition) is 3. The van der Waals surface area contributed by atoms with E-state index in [-0.39, 0.29) is 22.2 Å². The molecule has 0 amide bonds. The van der Waals surface area contributed by atoms with Crippen molar-refractivity contribution in [2.75, 3.05) is 4.72 Å². The molecule has 0 radical (unpaired) electrons. The Labute approximate surface area is 127 Å². The van der Waals surface area contributed by atoms with Gasteiger partial charge in [0.25, 0.3) is 10.0 Å². The van der Waals surface area contributed by atoms with Crippen LogP contribution in [0.5, 0.6) is 0 Å². The highest BCUT2D eigenvalue weighted by molar-refractivity contribution is 7.92. The summed E-state index contributed by atoms with van der Waals surface area (Å²) in [6, 6.07) is 8.60. The minimum absolute atomic E-state index is 0.0762. The number of hydrogen-bond donors (Lipinski definition) is 2. The van der Waals surface area contributed by atoms with Crippen LogP contribution in [0, 0.1) is 12.7 Å². The molecule has 4 nitrogen and oxygen atoms in total. The summed E-state index contributed by atoms with van der Waals surface area (Å²) in [4.78, 5) is -0.0897. The molecule has 2 aromatic rings. The molecule has 112 valence electrons. The highest BCUT2D eigenvalue weighted by atomic mass is 35.5. The normalized spacial score (nSPS) is 11.4. The van der Waals surface area contributed by atoms with Crippen molar-refractivity contribution in [2.24, 2.45) is 5.73 Å². The fourth-order valence-corrected chi connectivity index (χ4v) is 3.35. The smallest absolute Gasteiger partial charge is 0.263 e. The number of aryl methyl sites for hydroxylation is 1. The van der Waals surface area contributed by atoms with E-state index >= 15 is 0 Å². The van der Waals surface area contributed by atoms with Crippen LogP contribution in [0.3, 0.4) is 0 Å². The van der Waals surface area contributed by atoms with E-state index in [1.54, 1.807) is 13.0 Å². The number of anilines is 1. The van der Waals surface area contributed by atoms with Crippen LogP contribution in [0.15, 0.2) is 41.3 Å². The molecule has 2 rings (SSSR count). The van der Waals surface area contributed by atoms with Crippen molar-refractivity contribution in [1.29, 1.82) is 0 Å². The minimum Gasteiger partial charge on any atom is -0.326 e. The number of sulfonamides is 1. The topological polar surface area (TPSA) is 72.2 Å². The van der Waals surface area contributed by atoms with Gasteiger partial charge in [0, 0.05) is 6.54 Å². The molecule has 0 spiro atoms. The summed E-state index contributed by atoms with van der Waals surface area (Å²) in [6.45, 7) is 1.79. The van der Waals surface area contributed by atoms with Crippen LogP contribution in [-0.4, -0.2) is 8.42 Å². The predicted molar refractivity (Wildman–Crippen MR) is 81.3 cm³/mol. The zero-order valence-electron chi connectivity index (χ0n) is 11.2. The average Bonchev–Trinajstić information content (AvgIpc) is 2.43. The Balaban J connectivity index is 2.40. The highest BCUT2D eigenvalue weighted by Crippen LogP contribution is 2.25. The summed E-state index contributed by atoms with van der Waals surface area (Å²) in [5.74, 6) is -0.489. The van der Waals surface area contributed by atoms with Gasteiger partial charge in [0.05, 0.1) is 10.7 Å². The van der Waals surface area contributed by atoms with Crippen LogP contribution in [0.25, 0.3) is 0 Å². The molecule has 0 fully saturated rings. The van der Waals surface area contributed by atoms with Gasteiger partial charge in [-0.3, -0.25) is 4.72 Å². The number of rotatable bonds is 4. The second kappa shape index (κ2) is 6.01. The van der Waals surface area contributed by atoms with Crippen molar-refractivity contribution < 1.29 is 12.8 Å². The first kappa shape index (κ1) is 15.8. The van der Waals surface area contributed by atoms with Gasteiger partial charge >= 0.3 is 0 Å². The van der Waals surface area contributed by atoms with Gasteiger partial charge in [-0.2, -0.15) is 0 Å². The standard InChI is InChI=1S/C14H14ClFN2O2S/c1-9-2-4-11(7-13(9)16)18-21(19,20)14-6-10(8-17)3-5-12(14)15/h2-7,18H,8,17H2,1H3. The van der Waals surface area contributed by atoms with Gasteiger partial charge < -0.3 is 5.73 Å². The quantitative estimate of drug-likeness (QED) is 0.906.